The van der Waals surface area contributed by atoms with Crippen LogP contribution in [0, 0.1) is 6.92 Å². The van der Waals surface area contributed by atoms with E-state index in [1.54, 1.807) is 13.1 Å². The standard InChI is InChI=1S/C9H12N6/c1-5-8-6(14-13-5)3-4-7(12-8)9(10)15-11-2/h3-4,11H,1-2H3,(H2,10,15)(H,13,14). The third-order valence-corrected chi connectivity index (χ3v) is 2.08. The third-order valence-electron chi connectivity index (χ3n) is 2.08. The SMILES string of the molecule is CN/N=C(\N)c1ccc2[nH]nc(C)c2n1. The molecule has 6 nitrogen and oxygen atoms in total. The van der Waals surface area contributed by atoms with E-state index in [9.17, 15) is 0 Å². The van der Waals surface area contributed by atoms with Gasteiger partial charge in [0.15, 0.2) is 5.84 Å². The van der Waals surface area contributed by atoms with Crippen LogP contribution in [-0.2, 0) is 0 Å². The summed E-state index contributed by atoms with van der Waals surface area (Å²) in [6.07, 6.45) is 0. The molecule has 6 heteroatoms. The lowest BCUT2D eigenvalue weighted by atomic mass is 10.3. The minimum Gasteiger partial charge on any atom is -0.380 e. The molecule has 0 aliphatic rings. The first-order valence-corrected chi connectivity index (χ1v) is 4.54. The summed E-state index contributed by atoms with van der Waals surface area (Å²) in [6, 6.07) is 3.69. The normalized spacial score (nSPS) is 12.0. The molecule has 2 rings (SSSR count). The van der Waals surface area contributed by atoms with Crippen molar-refractivity contribution in [1.82, 2.24) is 20.6 Å². The fourth-order valence-electron chi connectivity index (χ4n) is 1.34. The number of amidine groups is 1. The van der Waals surface area contributed by atoms with Crippen LogP contribution in [-0.4, -0.2) is 28.1 Å². The summed E-state index contributed by atoms with van der Waals surface area (Å²) in [4.78, 5) is 4.36. The Morgan fingerprint density at radius 1 is 1.53 bits per heavy atom. The molecular weight excluding hydrogens is 192 g/mol. The topological polar surface area (TPSA) is 92.0 Å². The van der Waals surface area contributed by atoms with Gasteiger partial charge in [-0.3, -0.25) is 5.10 Å². The van der Waals surface area contributed by atoms with Gasteiger partial charge in [-0.05, 0) is 19.1 Å². The van der Waals surface area contributed by atoms with E-state index < -0.39 is 0 Å². The van der Waals surface area contributed by atoms with Crippen LogP contribution >= 0.6 is 0 Å². The van der Waals surface area contributed by atoms with Gasteiger partial charge in [0.2, 0.25) is 0 Å². The lowest BCUT2D eigenvalue weighted by Gasteiger charge is -1.99. The number of nitrogens with one attached hydrogen (secondary N) is 2. The zero-order valence-corrected chi connectivity index (χ0v) is 8.57. The van der Waals surface area contributed by atoms with Crippen molar-refractivity contribution in [3.8, 4) is 0 Å². The van der Waals surface area contributed by atoms with E-state index in [1.165, 1.54) is 0 Å². The summed E-state index contributed by atoms with van der Waals surface area (Å²) in [5.74, 6) is 0.361. The molecule has 0 amide bonds. The minimum absolute atomic E-state index is 0.361. The fourth-order valence-corrected chi connectivity index (χ4v) is 1.34. The summed E-state index contributed by atoms with van der Waals surface area (Å²) in [5, 5.41) is 10.8. The Bertz CT molecular complexity index is 512. The molecule has 0 spiro atoms. The largest absolute Gasteiger partial charge is 0.380 e. The molecule has 15 heavy (non-hydrogen) atoms. The number of H-pyrrole nitrogens is 1. The zero-order valence-electron chi connectivity index (χ0n) is 8.57. The van der Waals surface area contributed by atoms with Gasteiger partial charge in [0.25, 0.3) is 0 Å². The molecule has 2 heterocycles. The number of nitrogens with zero attached hydrogens (tertiary/aromatic N) is 3. The van der Waals surface area contributed by atoms with Crippen LogP contribution in [0.4, 0.5) is 0 Å². The molecule has 0 aliphatic carbocycles. The number of pyridine rings is 1. The number of hydrazone groups is 1. The van der Waals surface area contributed by atoms with E-state index in [4.69, 9.17) is 5.73 Å². The molecule has 2 aromatic heterocycles. The Morgan fingerprint density at radius 2 is 2.33 bits per heavy atom. The van der Waals surface area contributed by atoms with Crippen molar-refractivity contribution in [2.45, 2.75) is 6.92 Å². The van der Waals surface area contributed by atoms with Crippen molar-refractivity contribution in [2.75, 3.05) is 7.05 Å². The number of rotatable bonds is 2. The monoisotopic (exact) mass is 204 g/mol. The molecule has 0 bridgehead atoms. The molecule has 0 aliphatic heterocycles. The first-order valence-electron chi connectivity index (χ1n) is 4.54. The molecular formula is C9H12N6. The van der Waals surface area contributed by atoms with Gasteiger partial charge in [-0.2, -0.15) is 10.2 Å². The van der Waals surface area contributed by atoms with Crippen LogP contribution < -0.4 is 11.2 Å². The minimum atomic E-state index is 0.361. The number of aryl methyl sites for hydroxylation is 1. The number of hydrogen-bond donors (Lipinski definition) is 3. The lowest BCUT2D eigenvalue weighted by Crippen LogP contribution is -2.18. The highest BCUT2D eigenvalue weighted by Crippen LogP contribution is 2.12. The second-order valence-corrected chi connectivity index (χ2v) is 3.12. The maximum atomic E-state index is 5.71. The number of aromatic nitrogens is 3. The summed E-state index contributed by atoms with van der Waals surface area (Å²) in [6.45, 7) is 1.89. The smallest absolute Gasteiger partial charge is 0.169 e. The first kappa shape index (κ1) is 9.45. The molecule has 0 radical (unpaired) electrons. The van der Waals surface area contributed by atoms with Crippen LogP contribution in [0.5, 0.6) is 0 Å². The predicted octanol–water partition coefficient (Wildman–Crippen LogP) is 0.106. The van der Waals surface area contributed by atoms with E-state index in [-0.39, 0.29) is 0 Å². The van der Waals surface area contributed by atoms with Crippen molar-refractivity contribution in [2.24, 2.45) is 10.8 Å². The highest BCUT2D eigenvalue weighted by Gasteiger charge is 2.06. The lowest BCUT2D eigenvalue weighted by molar-refractivity contribution is 0.896. The molecule has 78 valence electrons. The van der Waals surface area contributed by atoms with Gasteiger partial charge in [0, 0.05) is 7.05 Å². The number of hydrogen-bond acceptors (Lipinski definition) is 4. The van der Waals surface area contributed by atoms with Crippen molar-refractivity contribution in [1.29, 1.82) is 0 Å². The summed E-state index contributed by atoms with van der Waals surface area (Å²) < 4.78 is 0. The molecule has 0 fully saturated rings. The quantitative estimate of drug-likeness (QED) is 0.367. The predicted molar refractivity (Wildman–Crippen MR) is 58.4 cm³/mol. The first-order chi connectivity index (χ1) is 7.22. The maximum absolute atomic E-state index is 5.71. The van der Waals surface area contributed by atoms with E-state index in [0.29, 0.717) is 11.5 Å². The van der Waals surface area contributed by atoms with Crippen LogP contribution in [0.1, 0.15) is 11.4 Å². The van der Waals surface area contributed by atoms with E-state index >= 15 is 0 Å². The van der Waals surface area contributed by atoms with Crippen LogP contribution in [0.2, 0.25) is 0 Å². The highest BCUT2D eigenvalue weighted by molar-refractivity contribution is 5.97. The molecule has 0 saturated heterocycles. The molecule has 0 unspecified atom stereocenters. The van der Waals surface area contributed by atoms with Gasteiger partial charge in [0.05, 0.1) is 11.2 Å². The Hall–Kier alpha value is -2.11. The van der Waals surface area contributed by atoms with E-state index in [1.807, 2.05) is 13.0 Å². The van der Waals surface area contributed by atoms with Gasteiger partial charge >= 0.3 is 0 Å². The van der Waals surface area contributed by atoms with Crippen LogP contribution in [0.15, 0.2) is 17.2 Å². The van der Waals surface area contributed by atoms with Crippen molar-refractivity contribution < 1.29 is 0 Å². The van der Waals surface area contributed by atoms with E-state index in [2.05, 4.69) is 25.7 Å². The average Bonchev–Trinajstić information content (AvgIpc) is 2.60. The van der Waals surface area contributed by atoms with Gasteiger partial charge in [-0.15, -0.1) is 0 Å². The highest BCUT2D eigenvalue weighted by atomic mass is 15.3. The van der Waals surface area contributed by atoms with E-state index in [0.717, 1.165) is 16.7 Å². The van der Waals surface area contributed by atoms with Gasteiger partial charge in [0.1, 0.15) is 11.2 Å². The van der Waals surface area contributed by atoms with Gasteiger partial charge in [-0.1, -0.05) is 0 Å². The van der Waals surface area contributed by atoms with Gasteiger partial charge < -0.3 is 11.2 Å². The average molecular weight is 204 g/mol. The second-order valence-electron chi connectivity index (χ2n) is 3.12. The van der Waals surface area contributed by atoms with Crippen LogP contribution in [0.25, 0.3) is 11.0 Å². The van der Waals surface area contributed by atoms with Crippen molar-refractivity contribution >= 4 is 16.9 Å². The molecule has 0 aromatic carbocycles. The maximum Gasteiger partial charge on any atom is 0.169 e. The van der Waals surface area contributed by atoms with Gasteiger partial charge in [-0.25, -0.2) is 4.98 Å². The second kappa shape index (κ2) is 3.56. The number of fused-ring (bicyclic) bond motifs is 1. The fraction of sp³-hybridized carbons (Fsp3) is 0.222. The summed E-state index contributed by atoms with van der Waals surface area (Å²) in [5.41, 5.74) is 11.5. The summed E-state index contributed by atoms with van der Waals surface area (Å²) in [7, 11) is 1.69. The molecule has 0 atom stereocenters. The van der Waals surface area contributed by atoms with Crippen molar-refractivity contribution in [3.05, 3.63) is 23.5 Å². The Morgan fingerprint density at radius 3 is 3.07 bits per heavy atom. The molecule has 2 aromatic rings. The Labute approximate surface area is 86.6 Å². The molecule has 4 N–H and O–H groups in total. The Balaban J connectivity index is 2.55. The van der Waals surface area contributed by atoms with Crippen molar-refractivity contribution in [3.63, 3.8) is 0 Å². The zero-order chi connectivity index (χ0) is 10.8. The molecule has 0 saturated carbocycles. The summed E-state index contributed by atoms with van der Waals surface area (Å²) >= 11 is 0. The Kier molecular flexibility index (Phi) is 2.24. The third kappa shape index (κ3) is 1.61. The number of aromatic amines is 1. The van der Waals surface area contributed by atoms with Crippen LogP contribution in [0.3, 0.4) is 0 Å². The number of nitrogens with two attached hydrogens (primary N) is 1.